The van der Waals surface area contributed by atoms with Crippen LogP contribution in [0.1, 0.15) is 18.1 Å². The minimum absolute atomic E-state index is 0.0598. The van der Waals surface area contributed by atoms with Crippen molar-refractivity contribution in [2.24, 2.45) is 0 Å². The molecule has 2 amide bonds. The number of benzene rings is 1. The largest absolute Gasteiger partial charge is 0.324 e. The summed E-state index contributed by atoms with van der Waals surface area (Å²) in [6.07, 6.45) is 4.38. The van der Waals surface area contributed by atoms with Gasteiger partial charge in [-0.1, -0.05) is 17.7 Å². The highest BCUT2D eigenvalue weighted by atomic mass is 16.2. The highest BCUT2D eigenvalue weighted by Crippen LogP contribution is 2.10. The maximum Gasteiger partial charge on any atom is 0.321 e. The number of aromatic nitrogens is 1. The number of rotatable bonds is 5. The normalized spacial score (nSPS) is 10.2. The van der Waals surface area contributed by atoms with Gasteiger partial charge in [0.25, 0.3) is 0 Å². The molecule has 0 atom stereocenters. The van der Waals surface area contributed by atoms with E-state index in [9.17, 15) is 4.79 Å². The number of amides is 2. The van der Waals surface area contributed by atoms with E-state index in [2.05, 4.69) is 10.3 Å². The third-order valence-electron chi connectivity index (χ3n) is 3.39. The van der Waals surface area contributed by atoms with Crippen LogP contribution in [-0.4, -0.2) is 29.0 Å². The average Bonchev–Trinajstić information content (AvgIpc) is 2.51. The number of aryl methyl sites for hydroxylation is 1. The first-order chi connectivity index (χ1) is 10.2. The summed E-state index contributed by atoms with van der Waals surface area (Å²) < 4.78 is 0. The van der Waals surface area contributed by atoms with Crippen LogP contribution in [0, 0.1) is 6.92 Å². The van der Waals surface area contributed by atoms with Crippen LogP contribution in [-0.2, 0) is 6.42 Å². The second-order valence-electron chi connectivity index (χ2n) is 4.98. The van der Waals surface area contributed by atoms with E-state index in [1.54, 1.807) is 17.3 Å². The fourth-order valence-electron chi connectivity index (χ4n) is 2.06. The van der Waals surface area contributed by atoms with Gasteiger partial charge in [-0.15, -0.1) is 0 Å². The van der Waals surface area contributed by atoms with Crippen molar-refractivity contribution in [3.05, 3.63) is 59.9 Å². The number of carbonyl (C=O) groups is 1. The Hall–Kier alpha value is -2.36. The lowest BCUT2D eigenvalue weighted by Crippen LogP contribution is -2.36. The fourth-order valence-corrected chi connectivity index (χ4v) is 2.06. The third kappa shape index (κ3) is 4.60. The molecule has 0 bridgehead atoms. The lowest BCUT2D eigenvalue weighted by Gasteiger charge is -2.21. The smallest absolute Gasteiger partial charge is 0.321 e. The van der Waals surface area contributed by atoms with Crippen molar-refractivity contribution >= 4 is 11.7 Å². The molecule has 0 aliphatic rings. The first-order valence-electron chi connectivity index (χ1n) is 7.20. The molecule has 1 aromatic heterocycles. The van der Waals surface area contributed by atoms with Crippen molar-refractivity contribution in [1.82, 2.24) is 9.88 Å². The summed E-state index contributed by atoms with van der Waals surface area (Å²) in [5.74, 6) is 0. The van der Waals surface area contributed by atoms with Crippen molar-refractivity contribution in [3.63, 3.8) is 0 Å². The van der Waals surface area contributed by atoms with Crippen LogP contribution in [0.4, 0.5) is 10.5 Å². The molecule has 1 N–H and O–H groups in total. The van der Waals surface area contributed by atoms with Crippen molar-refractivity contribution in [2.45, 2.75) is 20.3 Å². The molecular formula is C17H21N3O. The minimum atomic E-state index is -0.0598. The van der Waals surface area contributed by atoms with Gasteiger partial charge in [0.15, 0.2) is 0 Å². The van der Waals surface area contributed by atoms with Gasteiger partial charge in [0, 0.05) is 31.2 Å². The van der Waals surface area contributed by atoms with Crippen molar-refractivity contribution in [2.75, 3.05) is 18.4 Å². The van der Waals surface area contributed by atoms with Crippen molar-refractivity contribution in [3.8, 4) is 0 Å². The van der Waals surface area contributed by atoms with Gasteiger partial charge >= 0.3 is 6.03 Å². The van der Waals surface area contributed by atoms with Crippen LogP contribution in [0.2, 0.25) is 0 Å². The SMILES string of the molecule is CCN(CCc1ccncc1)C(=O)Nc1ccc(C)cc1. The molecule has 0 aliphatic carbocycles. The van der Waals surface area contributed by atoms with Gasteiger partial charge in [0.2, 0.25) is 0 Å². The quantitative estimate of drug-likeness (QED) is 0.913. The number of urea groups is 1. The number of hydrogen-bond acceptors (Lipinski definition) is 2. The first-order valence-corrected chi connectivity index (χ1v) is 7.20. The summed E-state index contributed by atoms with van der Waals surface area (Å²) in [6.45, 7) is 5.39. The molecule has 4 heteroatoms. The lowest BCUT2D eigenvalue weighted by atomic mass is 10.2. The Morgan fingerprint density at radius 3 is 2.43 bits per heavy atom. The highest BCUT2D eigenvalue weighted by molar-refractivity contribution is 5.89. The summed E-state index contributed by atoms with van der Waals surface area (Å²) in [6, 6.07) is 11.7. The number of anilines is 1. The Morgan fingerprint density at radius 1 is 1.14 bits per heavy atom. The fraction of sp³-hybridized carbons (Fsp3) is 0.294. The van der Waals surface area contributed by atoms with E-state index in [4.69, 9.17) is 0 Å². The van der Waals surface area contributed by atoms with Gasteiger partial charge in [-0.25, -0.2) is 4.79 Å². The van der Waals surface area contributed by atoms with Gasteiger partial charge in [-0.2, -0.15) is 0 Å². The van der Waals surface area contributed by atoms with Crippen LogP contribution in [0.15, 0.2) is 48.8 Å². The van der Waals surface area contributed by atoms with E-state index >= 15 is 0 Å². The molecule has 0 unspecified atom stereocenters. The van der Waals surface area contributed by atoms with Gasteiger partial charge in [0.05, 0.1) is 0 Å². The summed E-state index contributed by atoms with van der Waals surface area (Å²) in [4.78, 5) is 18.1. The minimum Gasteiger partial charge on any atom is -0.324 e. The Bertz CT molecular complexity index is 566. The lowest BCUT2D eigenvalue weighted by molar-refractivity contribution is 0.215. The van der Waals surface area contributed by atoms with Gasteiger partial charge in [-0.05, 0) is 50.1 Å². The predicted molar refractivity (Wildman–Crippen MR) is 85.4 cm³/mol. The molecule has 110 valence electrons. The van der Waals surface area contributed by atoms with Crippen LogP contribution in [0.5, 0.6) is 0 Å². The van der Waals surface area contributed by atoms with E-state index < -0.39 is 0 Å². The number of hydrogen-bond donors (Lipinski definition) is 1. The number of likely N-dealkylation sites (N-methyl/N-ethyl adjacent to an activating group) is 1. The average molecular weight is 283 g/mol. The molecule has 1 aromatic carbocycles. The van der Waals surface area contributed by atoms with E-state index in [0.29, 0.717) is 13.1 Å². The summed E-state index contributed by atoms with van der Waals surface area (Å²) >= 11 is 0. The predicted octanol–water partition coefficient (Wildman–Crippen LogP) is 3.49. The van der Waals surface area contributed by atoms with Gasteiger partial charge in [-0.3, -0.25) is 4.98 Å². The molecule has 1 heterocycles. The molecule has 0 radical (unpaired) electrons. The molecule has 0 aliphatic heterocycles. The zero-order valence-electron chi connectivity index (χ0n) is 12.5. The third-order valence-corrected chi connectivity index (χ3v) is 3.39. The van der Waals surface area contributed by atoms with Gasteiger partial charge < -0.3 is 10.2 Å². The molecule has 21 heavy (non-hydrogen) atoms. The van der Waals surface area contributed by atoms with E-state index in [1.165, 1.54) is 11.1 Å². The van der Waals surface area contributed by atoms with Crippen LogP contribution >= 0.6 is 0 Å². The Morgan fingerprint density at radius 2 is 1.81 bits per heavy atom. The van der Waals surface area contributed by atoms with E-state index in [0.717, 1.165) is 12.1 Å². The maximum absolute atomic E-state index is 12.3. The van der Waals surface area contributed by atoms with Crippen LogP contribution < -0.4 is 5.32 Å². The zero-order valence-corrected chi connectivity index (χ0v) is 12.5. The molecule has 0 saturated heterocycles. The van der Waals surface area contributed by atoms with Gasteiger partial charge in [0.1, 0.15) is 0 Å². The second-order valence-corrected chi connectivity index (χ2v) is 4.98. The first kappa shape index (κ1) is 15.0. The molecule has 0 saturated carbocycles. The number of nitrogens with zero attached hydrogens (tertiary/aromatic N) is 2. The number of pyridine rings is 1. The monoisotopic (exact) mass is 283 g/mol. The summed E-state index contributed by atoms with van der Waals surface area (Å²) in [5.41, 5.74) is 3.19. The van der Waals surface area contributed by atoms with Crippen molar-refractivity contribution < 1.29 is 4.79 Å². The highest BCUT2D eigenvalue weighted by Gasteiger charge is 2.11. The Labute approximate surface area is 125 Å². The van der Waals surface area contributed by atoms with E-state index in [1.807, 2.05) is 50.2 Å². The standard InChI is InChI=1S/C17H21N3O/c1-3-20(13-10-15-8-11-18-12-9-15)17(21)19-16-6-4-14(2)5-7-16/h4-9,11-12H,3,10,13H2,1-2H3,(H,19,21). The molecule has 2 aromatic rings. The van der Waals surface area contributed by atoms with Crippen molar-refractivity contribution in [1.29, 1.82) is 0 Å². The molecule has 2 rings (SSSR count). The summed E-state index contributed by atoms with van der Waals surface area (Å²) in [7, 11) is 0. The maximum atomic E-state index is 12.3. The summed E-state index contributed by atoms with van der Waals surface area (Å²) in [5, 5.41) is 2.93. The Balaban J connectivity index is 1.90. The zero-order chi connectivity index (χ0) is 15.1. The molecular weight excluding hydrogens is 262 g/mol. The second kappa shape index (κ2) is 7.43. The molecule has 0 spiro atoms. The van der Waals surface area contributed by atoms with Crippen LogP contribution in [0.3, 0.4) is 0 Å². The topological polar surface area (TPSA) is 45.2 Å². The van der Waals surface area contributed by atoms with E-state index in [-0.39, 0.29) is 6.03 Å². The Kier molecular flexibility index (Phi) is 5.32. The molecule has 4 nitrogen and oxygen atoms in total. The number of carbonyl (C=O) groups excluding carboxylic acids is 1. The number of nitrogens with one attached hydrogen (secondary N) is 1. The van der Waals surface area contributed by atoms with Crippen LogP contribution in [0.25, 0.3) is 0 Å². The molecule has 0 fully saturated rings.